The minimum atomic E-state index is -0.900. The van der Waals surface area contributed by atoms with Gasteiger partial charge in [-0.25, -0.2) is 0 Å². The molecular formula is C18H29N3O3. The summed E-state index contributed by atoms with van der Waals surface area (Å²) in [7, 11) is 1.82. The molecule has 0 aromatic carbocycles. The molecule has 1 fully saturated rings. The highest BCUT2D eigenvalue weighted by Crippen LogP contribution is 2.33. The minimum absolute atomic E-state index is 0.146. The molecule has 6 nitrogen and oxygen atoms in total. The largest absolute Gasteiger partial charge is 0.481 e. The van der Waals surface area contributed by atoms with Crippen molar-refractivity contribution in [3.05, 3.63) is 17.5 Å². The Hall–Kier alpha value is -1.85. The smallest absolute Gasteiger partial charge is 0.311 e. The van der Waals surface area contributed by atoms with E-state index in [1.807, 2.05) is 20.9 Å². The molecule has 0 atom stereocenters. The number of nitrogens with one attached hydrogen (secondary N) is 1. The third-order valence-corrected chi connectivity index (χ3v) is 5.49. The van der Waals surface area contributed by atoms with Crippen molar-refractivity contribution in [2.24, 2.45) is 12.5 Å². The van der Waals surface area contributed by atoms with Gasteiger partial charge in [-0.15, -0.1) is 0 Å². The van der Waals surface area contributed by atoms with E-state index in [2.05, 4.69) is 10.4 Å². The molecule has 0 bridgehead atoms. The van der Waals surface area contributed by atoms with Gasteiger partial charge < -0.3 is 10.4 Å². The number of aryl methyl sites for hydroxylation is 1. The summed E-state index contributed by atoms with van der Waals surface area (Å²) in [6.45, 7) is 3.84. The second-order valence-electron chi connectivity index (χ2n) is 6.91. The molecule has 0 radical (unpaired) electrons. The molecule has 0 saturated heterocycles. The van der Waals surface area contributed by atoms with Gasteiger partial charge in [0.2, 0.25) is 0 Å². The number of carbonyl (C=O) groups is 2. The molecule has 1 heterocycles. The van der Waals surface area contributed by atoms with Gasteiger partial charge in [0.25, 0.3) is 5.91 Å². The quantitative estimate of drug-likeness (QED) is 0.802. The number of carbonyl (C=O) groups excluding carboxylic acids is 1. The number of hydrogen-bond donors (Lipinski definition) is 2. The van der Waals surface area contributed by atoms with Crippen molar-refractivity contribution in [2.45, 2.75) is 64.7 Å². The highest BCUT2D eigenvalue weighted by Gasteiger charge is 2.35. The number of aromatic nitrogens is 2. The summed E-state index contributed by atoms with van der Waals surface area (Å²) < 4.78 is 1.68. The molecule has 134 valence electrons. The average molecular weight is 335 g/mol. The monoisotopic (exact) mass is 335 g/mol. The van der Waals surface area contributed by atoms with Crippen LogP contribution in [0.15, 0.2) is 6.20 Å². The van der Waals surface area contributed by atoms with Gasteiger partial charge in [-0.1, -0.05) is 33.1 Å². The Morgan fingerprint density at radius 2 is 1.92 bits per heavy atom. The number of nitrogens with zero attached hydrogens (tertiary/aromatic N) is 2. The summed E-state index contributed by atoms with van der Waals surface area (Å²) in [5.74, 6) is -0.732. The van der Waals surface area contributed by atoms with Crippen LogP contribution in [0.3, 0.4) is 0 Å². The van der Waals surface area contributed by atoms with Crippen LogP contribution >= 0.6 is 0 Å². The maximum atomic E-state index is 12.7. The van der Waals surface area contributed by atoms with Crippen molar-refractivity contribution >= 4 is 11.9 Å². The van der Waals surface area contributed by atoms with Gasteiger partial charge in [-0.05, 0) is 25.7 Å². The molecule has 2 N–H and O–H groups in total. The SMILES string of the molecule is CCC(CC)(CNC(=O)c1cn(C)nc1C1CCCCC1)C(=O)O. The Kier molecular flexibility index (Phi) is 6.02. The van der Waals surface area contributed by atoms with Gasteiger partial charge in [-0.2, -0.15) is 5.10 Å². The third-order valence-electron chi connectivity index (χ3n) is 5.49. The predicted molar refractivity (Wildman–Crippen MR) is 92.0 cm³/mol. The van der Waals surface area contributed by atoms with Gasteiger partial charge in [0.1, 0.15) is 0 Å². The molecule has 0 unspecified atom stereocenters. The van der Waals surface area contributed by atoms with Crippen LogP contribution in [0.1, 0.15) is 80.8 Å². The number of amides is 1. The number of carboxylic acids is 1. The first kappa shape index (κ1) is 18.5. The van der Waals surface area contributed by atoms with E-state index in [0.29, 0.717) is 24.3 Å². The molecule has 2 rings (SSSR count). The van der Waals surface area contributed by atoms with Crippen molar-refractivity contribution in [2.75, 3.05) is 6.54 Å². The van der Waals surface area contributed by atoms with Gasteiger partial charge in [0, 0.05) is 25.7 Å². The van der Waals surface area contributed by atoms with E-state index in [-0.39, 0.29) is 12.5 Å². The summed E-state index contributed by atoms with van der Waals surface area (Å²) in [5, 5.41) is 16.9. The summed E-state index contributed by atoms with van der Waals surface area (Å²) in [6, 6.07) is 0. The molecule has 0 spiro atoms. The van der Waals surface area contributed by atoms with Crippen molar-refractivity contribution in [3.63, 3.8) is 0 Å². The third kappa shape index (κ3) is 3.79. The highest BCUT2D eigenvalue weighted by molar-refractivity contribution is 5.95. The first-order valence-corrected chi connectivity index (χ1v) is 8.98. The van der Waals surface area contributed by atoms with Crippen molar-refractivity contribution in [1.29, 1.82) is 0 Å². The maximum absolute atomic E-state index is 12.7. The van der Waals surface area contributed by atoms with Crippen molar-refractivity contribution in [3.8, 4) is 0 Å². The van der Waals surface area contributed by atoms with Crippen LogP contribution in [0.5, 0.6) is 0 Å². The zero-order chi connectivity index (χ0) is 17.7. The molecule has 1 saturated carbocycles. The van der Waals surface area contributed by atoms with E-state index < -0.39 is 11.4 Å². The summed E-state index contributed by atoms with van der Waals surface area (Å²) in [5.41, 5.74) is 0.558. The van der Waals surface area contributed by atoms with E-state index in [4.69, 9.17) is 0 Å². The Balaban J connectivity index is 2.13. The first-order chi connectivity index (χ1) is 11.4. The molecular weight excluding hydrogens is 306 g/mol. The molecule has 1 amide bonds. The summed E-state index contributed by atoms with van der Waals surface area (Å²) >= 11 is 0. The molecule has 1 aliphatic carbocycles. The molecule has 1 aliphatic rings. The molecule has 6 heteroatoms. The van der Waals surface area contributed by atoms with Crippen LogP contribution in [0.2, 0.25) is 0 Å². The molecule has 24 heavy (non-hydrogen) atoms. The second kappa shape index (κ2) is 7.81. The number of hydrogen-bond acceptors (Lipinski definition) is 3. The lowest BCUT2D eigenvalue weighted by Gasteiger charge is -2.27. The Bertz CT molecular complexity index is 584. The van der Waals surface area contributed by atoms with E-state index in [1.54, 1.807) is 10.9 Å². The van der Waals surface area contributed by atoms with Crippen LogP contribution in [0, 0.1) is 5.41 Å². The van der Waals surface area contributed by atoms with Gasteiger partial charge in [0.15, 0.2) is 0 Å². The Morgan fingerprint density at radius 1 is 1.29 bits per heavy atom. The average Bonchev–Trinajstić information content (AvgIpc) is 2.98. The topological polar surface area (TPSA) is 84.2 Å². The van der Waals surface area contributed by atoms with Gasteiger partial charge in [-0.3, -0.25) is 14.3 Å². The van der Waals surface area contributed by atoms with Crippen LogP contribution in [0.25, 0.3) is 0 Å². The first-order valence-electron chi connectivity index (χ1n) is 8.98. The van der Waals surface area contributed by atoms with Crippen molar-refractivity contribution < 1.29 is 14.7 Å². The molecule has 0 aliphatic heterocycles. The Labute approximate surface area is 143 Å². The normalized spacial score (nSPS) is 16.1. The van der Waals surface area contributed by atoms with E-state index >= 15 is 0 Å². The lowest BCUT2D eigenvalue weighted by atomic mass is 9.82. The van der Waals surface area contributed by atoms with Gasteiger partial charge in [0.05, 0.1) is 16.7 Å². The number of aliphatic carboxylic acids is 1. The predicted octanol–water partition coefficient (Wildman–Crippen LogP) is 3.09. The fraction of sp³-hybridized carbons (Fsp3) is 0.722. The van der Waals surface area contributed by atoms with Crippen LogP contribution in [-0.2, 0) is 11.8 Å². The van der Waals surface area contributed by atoms with E-state index in [0.717, 1.165) is 18.5 Å². The van der Waals surface area contributed by atoms with Crippen LogP contribution < -0.4 is 5.32 Å². The zero-order valence-corrected chi connectivity index (χ0v) is 15.0. The minimum Gasteiger partial charge on any atom is -0.481 e. The van der Waals surface area contributed by atoms with Crippen LogP contribution in [-0.4, -0.2) is 33.3 Å². The lowest BCUT2D eigenvalue weighted by Crippen LogP contribution is -2.42. The van der Waals surface area contributed by atoms with Crippen LogP contribution in [0.4, 0.5) is 0 Å². The molecule has 1 aromatic rings. The zero-order valence-electron chi connectivity index (χ0n) is 15.0. The highest BCUT2D eigenvalue weighted by atomic mass is 16.4. The lowest BCUT2D eigenvalue weighted by molar-refractivity contribution is -0.149. The summed E-state index contributed by atoms with van der Waals surface area (Å²) in [6.07, 6.45) is 8.47. The van der Waals surface area contributed by atoms with E-state index in [1.165, 1.54) is 19.3 Å². The fourth-order valence-corrected chi connectivity index (χ4v) is 3.58. The fourth-order valence-electron chi connectivity index (χ4n) is 3.58. The number of rotatable bonds is 7. The second-order valence-corrected chi connectivity index (χ2v) is 6.91. The standard InChI is InChI=1S/C18H29N3O3/c1-4-18(5-2,17(23)24)12-19-16(22)14-11-21(3)20-15(14)13-9-7-6-8-10-13/h11,13H,4-10,12H2,1-3H3,(H,19,22)(H,23,24). The van der Waals surface area contributed by atoms with Crippen molar-refractivity contribution in [1.82, 2.24) is 15.1 Å². The van der Waals surface area contributed by atoms with Gasteiger partial charge >= 0.3 is 5.97 Å². The Morgan fingerprint density at radius 3 is 2.46 bits per heavy atom. The maximum Gasteiger partial charge on any atom is 0.311 e. The number of carboxylic acid groups (broad SMARTS) is 1. The molecule has 1 aromatic heterocycles. The van der Waals surface area contributed by atoms with E-state index in [9.17, 15) is 14.7 Å². The summed E-state index contributed by atoms with van der Waals surface area (Å²) in [4.78, 5) is 24.2.